The van der Waals surface area contributed by atoms with E-state index in [-0.39, 0.29) is 22.7 Å². The third-order valence-electron chi connectivity index (χ3n) is 5.26. The van der Waals surface area contributed by atoms with Gasteiger partial charge in [-0.25, -0.2) is 0 Å². The van der Waals surface area contributed by atoms with Gasteiger partial charge in [0.2, 0.25) is 5.70 Å². The lowest BCUT2D eigenvalue weighted by molar-refractivity contribution is -0.433. The summed E-state index contributed by atoms with van der Waals surface area (Å²) >= 11 is 0. The molecule has 0 bridgehead atoms. The van der Waals surface area contributed by atoms with Crippen LogP contribution >= 0.6 is 0 Å². The van der Waals surface area contributed by atoms with Crippen LogP contribution in [0.4, 0.5) is 0 Å². The number of ether oxygens (including phenoxy) is 1. The second kappa shape index (κ2) is 13.5. The molecule has 27 heavy (non-hydrogen) atoms. The van der Waals surface area contributed by atoms with E-state index in [9.17, 15) is 20.0 Å². The molecule has 0 radical (unpaired) electrons. The molecule has 6 heteroatoms. The molecule has 0 heterocycles. The molecule has 0 unspecified atom stereocenters. The Kier molecular flexibility index (Phi) is 11.7. The molecular formula is C21H35NO5. The van der Waals surface area contributed by atoms with Crippen LogP contribution < -0.4 is 0 Å². The quantitative estimate of drug-likeness (QED) is 0.154. The highest BCUT2D eigenvalue weighted by Crippen LogP contribution is 2.37. The summed E-state index contributed by atoms with van der Waals surface area (Å²) < 4.78 is 4.62. The van der Waals surface area contributed by atoms with E-state index in [0.29, 0.717) is 18.5 Å². The van der Waals surface area contributed by atoms with Crippen LogP contribution in [-0.2, 0) is 9.53 Å². The number of methoxy groups -OCH3 is 1. The fourth-order valence-corrected chi connectivity index (χ4v) is 3.64. The minimum Gasteiger partial charge on any atom is -0.469 e. The van der Waals surface area contributed by atoms with E-state index in [4.69, 9.17) is 0 Å². The largest absolute Gasteiger partial charge is 0.469 e. The van der Waals surface area contributed by atoms with Gasteiger partial charge in [0.25, 0.3) is 0 Å². The number of nitrogens with zero attached hydrogens (tertiary/aromatic N) is 1. The maximum absolute atomic E-state index is 11.3. The SMILES string of the molecule is CCCCC[C@H](O)C=C[C@@H]1CC=C([N+](=O)[O-])[C@@H]1CCCCCCC(=O)OC. The van der Waals surface area contributed by atoms with Crippen LogP contribution in [0.2, 0.25) is 0 Å². The second-order valence-corrected chi connectivity index (χ2v) is 7.37. The predicted molar refractivity (Wildman–Crippen MR) is 106 cm³/mol. The lowest BCUT2D eigenvalue weighted by Gasteiger charge is -2.16. The van der Waals surface area contributed by atoms with Crippen molar-refractivity contribution in [3.8, 4) is 0 Å². The van der Waals surface area contributed by atoms with Crippen LogP contribution in [0.5, 0.6) is 0 Å². The van der Waals surface area contributed by atoms with E-state index in [0.717, 1.165) is 57.8 Å². The smallest absolute Gasteiger partial charge is 0.305 e. The number of nitro groups is 1. The minimum absolute atomic E-state index is 0.0836. The Balaban J connectivity index is 2.44. The van der Waals surface area contributed by atoms with Gasteiger partial charge < -0.3 is 9.84 Å². The first-order valence-electron chi connectivity index (χ1n) is 10.3. The number of hydrogen-bond donors (Lipinski definition) is 1. The highest BCUT2D eigenvalue weighted by molar-refractivity contribution is 5.68. The Hall–Kier alpha value is -1.69. The summed E-state index contributed by atoms with van der Waals surface area (Å²) in [6, 6.07) is 0. The maximum atomic E-state index is 11.3. The zero-order valence-electron chi connectivity index (χ0n) is 16.8. The molecule has 0 aromatic rings. The van der Waals surface area contributed by atoms with Crippen molar-refractivity contribution in [2.75, 3.05) is 7.11 Å². The lowest BCUT2D eigenvalue weighted by atomic mass is 9.88. The monoisotopic (exact) mass is 381 g/mol. The number of esters is 1. The summed E-state index contributed by atoms with van der Waals surface area (Å²) in [5.41, 5.74) is 0.319. The summed E-state index contributed by atoms with van der Waals surface area (Å²) in [5.74, 6) is -0.173. The van der Waals surface area contributed by atoms with Gasteiger partial charge in [0.15, 0.2) is 0 Å². The summed E-state index contributed by atoms with van der Waals surface area (Å²) in [6.07, 6.45) is 14.5. The molecule has 1 rings (SSSR count). The Morgan fingerprint density at radius 3 is 2.74 bits per heavy atom. The molecule has 6 nitrogen and oxygen atoms in total. The molecule has 154 valence electrons. The van der Waals surface area contributed by atoms with Gasteiger partial charge in [0, 0.05) is 6.42 Å². The lowest BCUT2D eigenvalue weighted by Crippen LogP contribution is -2.15. The number of carbonyl (C=O) groups excluding carboxylic acids is 1. The summed E-state index contributed by atoms with van der Waals surface area (Å²) in [4.78, 5) is 22.2. The van der Waals surface area contributed by atoms with E-state index in [1.165, 1.54) is 7.11 Å². The molecule has 0 fully saturated rings. The fraction of sp³-hybridized carbons (Fsp3) is 0.762. The van der Waals surface area contributed by atoms with E-state index >= 15 is 0 Å². The van der Waals surface area contributed by atoms with Crippen LogP contribution in [-0.4, -0.2) is 29.2 Å². The first-order chi connectivity index (χ1) is 13.0. The van der Waals surface area contributed by atoms with E-state index in [1.807, 2.05) is 12.2 Å². The molecule has 3 atom stereocenters. The third kappa shape index (κ3) is 9.18. The Morgan fingerprint density at radius 1 is 1.33 bits per heavy atom. The molecule has 1 aliphatic rings. The Bertz CT molecular complexity index is 515. The molecule has 0 aromatic carbocycles. The van der Waals surface area contributed by atoms with Crippen molar-refractivity contribution in [1.82, 2.24) is 0 Å². The molecule has 0 spiro atoms. The zero-order chi connectivity index (χ0) is 20.1. The van der Waals surface area contributed by atoms with Gasteiger partial charge in [0.05, 0.1) is 24.1 Å². The second-order valence-electron chi connectivity index (χ2n) is 7.37. The van der Waals surface area contributed by atoms with Crippen LogP contribution in [0.3, 0.4) is 0 Å². The van der Waals surface area contributed by atoms with Gasteiger partial charge in [-0.15, -0.1) is 0 Å². The summed E-state index contributed by atoms with van der Waals surface area (Å²) in [6.45, 7) is 2.13. The number of unbranched alkanes of at least 4 members (excludes halogenated alkanes) is 5. The minimum atomic E-state index is -0.463. The van der Waals surface area contributed by atoms with Gasteiger partial charge in [-0.3, -0.25) is 14.9 Å². The molecular weight excluding hydrogens is 346 g/mol. The maximum Gasteiger partial charge on any atom is 0.305 e. The van der Waals surface area contributed by atoms with Crippen molar-refractivity contribution in [2.24, 2.45) is 11.8 Å². The third-order valence-corrected chi connectivity index (χ3v) is 5.26. The van der Waals surface area contributed by atoms with Crippen molar-refractivity contribution in [1.29, 1.82) is 0 Å². The molecule has 0 aliphatic heterocycles. The number of hydrogen-bond acceptors (Lipinski definition) is 5. The number of aliphatic hydroxyl groups is 1. The summed E-state index contributed by atoms with van der Waals surface area (Å²) in [7, 11) is 1.39. The molecule has 0 amide bonds. The first-order valence-corrected chi connectivity index (χ1v) is 10.3. The highest BCUT2D eigenvalue weighted by Gasteiger charge is 2.35. The number of allylic oxidation sites excluding steroid dienone is 3. The predicted octanol–water partition coefficient (Wildman–Crippen LogP) is 4.79. The average Bonchev–Trinajstić information content (AvgIpc) is 3.05. The first kappa shape index (κ1) is 23.3. The molecule has 1 aliphatic carbocycles. The molecule has 0 saturated heterocycles. The summed E-state index contributed by atoms with van der Waals surface area (Å²) in [5, 5.41) is 21.4. The van der Waals surface area contributed by atoms with E-state index in [2.05, 4.69) is 11.7 Å². The van der Waals surface area contributed by atoms with Crippen molar-refractivity contribution < 1.29 is 19.6 Å². The number of aliphatic hydroxyl groups excluding tert-OH is 1. The van der Waals surface area contributed by atoms with Gasteiger partial charge in [-0.05, 0) is 37.7 Å². The van der Waals surface area contributed by atoms with Gasteiger partial charge in [-0.1, -0.05) is 57.6 Å². The van der Waals surface area contributed by atoms with Gasteiger partial charge in [-0.2, -0.15) is 0 Å². The fourth-order valence-electron chi connectivity index (χ4n) is 3.64. The number of carbonyl (C=O) groups is 1. The van der Waals surface area contributed by atoms with E-state index in [1.54, 1.807) is 6.08 Å². The topological polar surface area (TPSA) is 89.7 Å². The average molecular weight is 382 g/mol. The van der Waals surface area contributed by atoms with E-state index < -0.39 is 6.10 Å². The van der Waals surface area contributed by atoms with Crippen LogP contribution in [0.1, 0.15) is 77.6 Å². The Labute approximate surface area is 162 Å². The van der Waals surface area contributed by atoms with Crippen molar-refractivity contribution in [3.63, 3.8) is 0 Å². The van der Waals surface area contributed by atoms with Gasteiger partial charge in [0.1, 0.15) is 0 Å². The molecule has 0 saturated carbocycles. The molecule has 0 aromatic heterocycles. The number of rotatable bonds is 14. The van der Waals surface area contributed by atoms with Crippen LogP contribution in [0.25, 0.3) is 0 Å². The van der Waals surface area contributed by atoms with Crippen molar-refractivity contribution in [3.05, 3.63) is 34.0 Å². The zero-order valence-corrected chi connectivity index (χ0v) is 16.8. The van der Waals surface area contributed by atoms with Crippen molar-refractivity contribution >= 4 is 5.97 Å². The highest BCUT2D eigenvalue weighted by atomic mass is 16.6. The molecule has 1 N–H and O–H groups in total. The van der Waals surface area contributed by atoms with Gasteiger partial charge >= 0.3 is 5.97 Å². The van der Waals surface area contributed by atoms with Crippen LogP contribution in [0, 0.1) is 22.0 Å². The van der Waals surface area contributed by atoms with Crippen molar-refractivity contribution in [2.45, 2.75) is 83.7 Å². The normalized spacial score (nSPS) is 20.6. The standard InChI is InChI=1S/C21H35NO5/c1-3-4-7-10-18(23)15-13-17-14-16-20(22(25)26)19(17)11-8-5-6-9-12-21(24)27-2/h13,15-19,23H,3-12,14H2,1-2H3/t17-,18+,19-/m1/s1. The van der Waals surface area contributed by atoms with Crippen LogP contribution in [0.15, 0.2) is 23.9 Å². The Morgan fingerprint density at radius 2 is 2.07 bits per heavy atom.